The summed E-state index contributed by atoms with van der Waals surface area (Å²) in [5.74, 6) is 0.579. The largest absolute Gasteiger partial charge is 0.481 e. The number of H-pyrrole nitrogens is 1. The molecule has 2 rings (SSSR count). The minimum absolute atomic E-state index is 0.579. The van der Waals surface area contributed by atoms with Crippen molar-refractivity contribution in [3.05, 3.63) is 16.9 Å². The van der Waals surface area contributed by atoms with Crippen molar-refractivity contribution in [3.8, 4) is 5.88 Å². The number of aromatic amines is 1. The van der Waals surface area contributed by atoms with E-state index in [0.717, 1.165) is 10.9 Å². The van der Waals surface area contributed by atoms with Crippen LogP contribution in [0, 0.1) is 0 Å². The number of rotatable bonds is 1. The third-order valence-corrected chi connectivity index (χ3v) is 2.15. The molecule has 0 radical (unpaired) electrons. The summed E-state index contributed by atoms with van der Waals surface area (Å²) in [5, 5.41) is 7.69. The van der Waals surface area contributed by atoms with Crippen molar-refractivity contribution in [3.63, 3.8) is 0 Å². The Hall–Kier alpha value is -1.10. The molecule has 0 aromatic carbocycles. The molecule has 0 unspecified atom stereocenters. The fraction of sp³-hybridized carbons (Fsp3) is 0.143. The molecule has 2 heterocycles. The highest BCUT2D eigenvalue weighted by Crippen LogP contribution is 2.23. The molecule has 0 saturated carbocycles. The minimum Gasteiger partial charge on any atom is -0.481 e. The van der Waals surface area contributed by atoms with Crippen LogP contribution in [0.5, 0.6) is 5.88 Å². The molecule has 62 valence electrons. The fourth-order valence-corrected chi connectivity index (χ4v) is 1.48. The van der Waals surface area contributed by atoms with Crippen molar-refractivity contribution in [2.24, 2.45) is 0 Å². The summed E-state index contributed by atoms with van der Waals surface area (Å²) in [7, 11) is 1.58. The molecule has 12 heavy (non-hydrogen) atoms. The van der Waals surface area contributed by atoms with Gasteiger partial charge in [0.25, 0.3) is 0 Å². The molecule has 0 atom stereocenters. The lowest BCUT2D eigenvalue weighted by Gasteiger charge is -1.98. The molecule has 0 saturated heterocycles. The molecule has 2 aromatic heterocycles. The lowest BCUT2D eigenvalue weighted by molar-refractivity contribution is 0.398. The Morgan fingerprint density at radius 2 is 2.42 bits per heavy atom. The van der Waals surface area contributed by atoms with Crippen molar-refractivity contribution in [1.82, 2.24) is 15.2 Å². The van der Waals surface area contributed by atoms with Crippen molar-refractivity contribution >= 4 is 26.8 Å². The second-order valence-corrected chi connectivity index (χ2v) is 3.04. The second-order valence-electron chi connectivity index (χ2n) is 2.29. The van der Waals surface area contributed by atoms with Crippen LogP contribution in [-0.2, 0) is 0 Å². The van der Waals surface area contributed by atoms with Gasteiger partial charge in [-0.15, -0.1) is 0 Å². The predicted molar refractivity (Wildman–Crippen MR) is 48.1 cm³/mol. The van der Waals surface area contributed by atoms with Gasteiger partial charge in [0.1, 0.15) is 4.60 Å². The van der Waals surface area contributed by atoms with Crippen LogP contribution in [0.2, 0.25) is 0 Å². The van der Waals surface area contributed by atoms with Gasteiger partial charge in [0.2, 0.25) is 5.88 Å². The monoisotopic (exact) mass is 227 g/mol. The standard InChI is InChI=1S/C7H6BrN3O/c1-12-5-2-4-3-9-11-6(4)7(8)10-5/h2-3H,1H3,(H,9,11). The smallest absolute Gasteiger partial charge is 0.214 e. The van der Waals surface area contributed by atoms with E-state index < -0.39 is 0 Å². The zero-order chi connectivity index (χ0) is 8.55. The van der Waals surface area contributed by atoms with Gasteiger partial charge in [-0.25, -0.2) is 4.98 Å². The Balaban J connectivity index is 2.75. The first kappa shape index (κ1) is 7.54. The van der Waals surface area contributed by atoms with Crippen molar-refractivity contribution < 1.29 is 4.74 Å². The van der Waals surface area contributed by atoms with E-state index in [9.17, 15) is 0 Å². The summed E-state index contributed by atoms with van der Waals surface area (Å²) in [6.45, 7) is 0. The van der Waals surface area contributed by atoms with E-state index in [2.05, 4.69) is 31.1 Å². The zero-order valence-electron chi connectivity index (χ0n) is 6.34. The molecule has 0 aliphatic carbocycles. The number of fused-ring (bicyclic) bond motifs is 1. The summed E-state index contributed by atoms with van der Waals surface area (Å²) in [4.78, 5) is 4.12. The third-order valence-electron chi connectivity index (χ3n) is 1.57. The average molecular weight is 228 g/mol. The van der Waals surface area contributed by atoms with E-state index in [4.69, 9.17) is 4.74 Å². The van der Waals surface area contributed by atoms with Crippen molar-refractivity contribution in [2.45, 2.75) is 0 Å². The number of nitrogens with zero attached hydrogens (tertiary/aromatic N) is 2. The maximum absolute atomic E-state index is 4.99. The first-order chi connectivity index (χ1) is 5.81. The highest BCUT2D eigenvalue weighted by Gasteiger charge is 2.04. The second kappa shape index (κ2) is 2.75. The molecule has 0 amide bonds. The van der Waals surface area contributed by atoms with E-state index in [1.807, 2.05) is 6.07 Å². The topological polar surface area (TPSA) is 50.8 Å². The normalized spacial score (nSPS) is 10.5. The van der Waals surface area contributed by atoms with Gasteiger partial charge >= 0.3 is 0 Å². The van der Waals surface area contributed by atoms with Gasteiger partial charge in [-0.3, -0.25) is 5.10 Å². The Morgan fingerprint density at radius 3 is 3.17 bits per heavy atom. The molecule has 0 aliphatic rings. The predicted octanol–water partition coefficient (Wildman–Crippen LogP) is 1.73. The highest BCUT2D eigenvalue weighted by molar-refractivity contribution is 9.10. The molecule has 0 bridgehead atoms. The van der Waals surface area contributed by atoms with Gasteiger partial charge < -0.3 is 4.74 Å². The molecular weight excluding hydrogens is 222 g/mol. The number of halogens is 1. The summed E-state index contributed by atoms with van der Waals surface area (Å²) >= 11 is 3.31. The first-order valence-electron chi connectivity index (χ1n) is 3.35. The summed E-state index contributed by atoms with van der Waals surface area (Å²) in [5.41, 5.74) is 0.885. The molecule has 0 spiro atoms. The van der Waals surface area contributed by atoms with E-state index in [1.54, 1.807) is 13.3 Å². The van der Waals surface area contributed by atoms with Gasteiger partial charge in [0.05, 0.1) is 18.8 Å². The molecule has 4 nitrogen and oxygen atoms in total. The van der Waals surface area contributed by atoms with Crippen LogP contribution in [0.15, 0.2) is 16.9 Å². The molecule has 0 aliphatic heterocycles. The minimum atomic E-state index is 0.579. The van der Waals surface area contributed by atoms with Crippen LogP contribution in [0.1, 0.15) is 0 Å². The van der Waals surface area contributed by atoms with Crippen LogP contribution in [0.4, 0.5) is 0 Å². The lowest BCUT2D eigenvalue weighted by atomic mass is 10.3. The molecule has 2 aromatic rings. The zero-order valence-corrected chi connectivity index (χ0v) is 7.92. The summed E-state index contributed by atoms with van der Waals surface area (Å²) < 4.78 is 5.71. The first-order valence-corrected chi connectivity index (χ1v) is 4.14. The number of pyridine rings is 1. The molecule has 0 fully saturated rings. The van der Waals surface area contributed by atoms with E-state index in [0.29, 0.717) is 10.5 Å². The SMILES string of the molecule is COc1cc2cn[nH]c2c(Br)n1. The Bertz CT molecular complexity index is 412. The molecule has 1 N–H and O–H groups in total. The Morgan fingerprint density at radius 1 is 1.58 bits per heavy atom. The molecule has 5 heteroatoms. The van der Waals surface area contributed by atoms with Crippen LogP contribution in [0.25, 0.3) is 10.9 Å². The van der Waals surface area contributed by atoms with Crippen LogP contribution >= 0.6 is 15.9 Å². The van der Waals surface area contributed by atoms with Gasteiger partial charge in [-0.05, 0) is 15.9 Å². The Kier molecular flexibility index (Phi) is 1.73. The quantitative estimate of drug-likeness (QED) is 0.756. The van der Waals surface area contributed by atoms with Gasteiger partial charge in [-0.2, -0.15) is 5.10 Å². The number of methoxy groups -OCH3 is 1. The average Bonchev–Trinajstić information content (AvgIpc) is 2.52. The van der Waals surface area contributed by atoms with E-state index in [1.165, 1.54) is 0 Å². The number of hydrogen-bond donors (Lipinski definition) is 1. The van der Waals surface area contributed by atoms with Gasteiger partial charge in [0.15, 0.2) is 0 Å². The van der Waals surface area contributed by atoms with Crippen LogP contribution in [-0.4, -0.2) is 22.3 Å². The van der Waals surface area contributed by atoms with Gasteiger partial charge in [-0.1, -0.05) is 0 Å². The Labute approximate surface area is 77.1 Å². The van der Waals surface area contributed by atoms with Crippen LogP contribution in [0.3, 0.4) is 0 Å². The van der Waals surface area contributed by atoms with Gasteiger partial charge in [0, 0.05) is 11.5 Å². The maximum Gasteiger partial charge on any atom is 0.214 e. The van der Waals surface area contributed by atoms with E-state index >= 15 is 0 Å². The van der Waals surface area contributed by atoms with E-state index in [-0.39, 0.29) is 0 Å². The third kappa shape index (κ3) is 1.06. The van der Waals surface area contributed by atoms with Crippen molar-refractivity contribution in [2.75, 3.05) is 7.11 Å². The summed E-state index contributed by atoms with van der Waals surface area (Å²) in [6, 6.07) is 1.82. The summed E-state index contributed by atoms with van der Waals surface area (Å²) in [6.07, 6.45) is 1.73. The lowest BCUT2D eigenvalue weighted by Crippen LogP contribution is -1.87. The molecular formula is C7H6BrN3O. The fourth-order valence-electron chi connectivity index (χ4n) is 0.993. The number of ether oxygens (including phenoxy) is 1. The highest BCUT2D eigenvalue weighted by atomic mass is 79.9. The maximum atomic E-state index is 4.99. The number of aromatic nitrogens is 3. The number of nitrogens with one attached hydrogen (secondary N) is 1. The number of hydrogen-bond acceptors (Lipinski definition) is 3. The van der Waals surface area contributed by atoms with Crippen LogP contribution < -0.4 is 4.74 Å². The van der Waals surface area contributed by atoms with Crippen molar-refractivity contribution in [1.29, 1.82) is 0 Å².